The number of nitrogen functional groups attached to an aromatic ring is 1. The summed E-state index contributed by atoms with van der Waals surface area (Å²) in [5, 5.41) is 2.84. The fraction of sp³-hybridized carbons (Fsp3) is 0.367. The molecule has 0 fully saturated rings. The number of nitrogens with two attached hydrogens (primary N) is 1. The molecule has 0 aliphatic rings. The van der Waals surface area contributed by atoms with Gasteiger partial charge in [0.1, 0.15) is 13.2 Å². The Labute approximate surface area is 227 Å². The third kappa shape index (κ3) is 8.00. The summed E-state index contributed by atoms with van der Waals surface area (Å²) in [6, 6.07) is 23.1. The van der Waals surface area contributed by atoms with Crippen LogP contribution in [0.15, 0.2) is 72.8 Å². The number of alkyl carbamates (subject to hydrolysis) is 1. The molecular weight excluding hydrogens is 496 g/mol. The number of hydrogen-bond acceptors (Lipinski definition) is 6. The van der Waals surface area contributed by atoms with E-state index in [4.69, 9.17) is 24.4 Å². The molecule has 1 amide bonds. The van der Waals surface area contributed by atoms with E-state index < -0.39 is 20.5 Å². The minimum atomic E-state index is -2.23. The Bertz CT molecular complexity index is 1180. The van der Waals surface area contributed by atoms with Gasteiger partial charge in [0.2, 0.25) is 0 Å². The van der Waals surface area contributed by atoms with Gasteiger partial charge < -0.3 is 29.7 Å². The Hall–Kier alpha value is -3.49. The van der Waals surface area contributed by atoms with Gasteiger partial charge in [0.25, 0.3) is 0 Å². The highest BCUT2D eigenvalue weighted by molar-refractivity contribution is 6.74. The first-order valence-corrected chi connectivity index (χ1v) is 15.7. The van der Waals surface area contributed by atoms with Gasteiger partial charge in [-0.15, -0.1) is 0 Å². The highest BCUT2D eigenvalue weighted by Gasteiger charge is 2.39. The molecule has 0 bridgehead atoms. The fourth-order valence-corrected chi connectivity index (χ4v) is 4.89. The summed E-state index contributed by atoms with van der Waals surface area (Å²) in [5.41, 5.74) is 9.56. The highest BCUT2D eigenvalue weighted by Crippen LogP contribution is 2.42. The standard InChI is InChI=1S/C30H40N2O5Si/c1-30(2,3)38(5,6)37-27(19-32-29(33)36-21-23-15-11-8-12-16-23)24-17-25(31)28(34-4)26(18-24)35-20-22-13-9-7-10-14-22/h7-18,27H,19-21,31H2,1-6H3,(H,32,33). The molecular formula is C30H40N2O5Si. The van der Waals surface area contributed by atoms with Crippen molar-refractivity contribution in [3.63, 3.8) is 0 Å². The minimum absolute atomic E-state index is 0.0380. The molecule has 38 heavy (non-hydrogen) atoms. The van der Waals surface area contributed by atoms with Crippen LogP contribution in [0.5, 0.6) is 11.5 Å². The van der Waals surface area contributed by atoms with E-state index in [2.05, 4.69) is 39.2 Å². The molecule has 0 aromatic heterocycles. The van der Waals surface area contributed by atoms with Crippen molar-refractivity contribution in [2.24, 2.45) is 0 Å². The van der Waals surface area contributed by atoms with Crippen molar-refractivity contribution in [3.05, 3.63) is 89.5 Å². The van der Waals surface area contributed by atoms with Crippen LogP contribution in [0.2, 0.25) is 18.1 Å². The molecule has 1 atom stereocenters. The molecule has 204 valence electrons. The summed E-state index contributed by atoms with van der Waals surface area (Å²) >= 11 is 0. The zero-order valence-electron chi connectivity index (χ0n) is 23.2. The number of carbonyl (C=O) groups is 1. The Kier molecular flexibility index (Phi) is 9.82. The first-order valence-electron chi connectivity index (χ1n) is 12.8. The van der Waals surface area contributed by atoms with Crippen LogP contribution in [-0.2, 0) is 22.4 Å². The first kappa shape index (κ1) is 29.1. The van der Waals surface area contributed by atoms with Gasteiger partial charge in [-0.1, -0.05) is 81.4 Å². The Morgan fingerprint density at radius 3 is 2.08 bits per heavy atom. The van der Waals surface area contributed by atoms with Crippen LogP contribution in [-0.4, -0.2) is 28.1 Å². The Morgan fingerprint density at radius 1 is 0.947 bits per heavy atom. The third-order valence-electron chi connectivity index (χ3n) is 6.81. The number of carbonyl (C=O) groups excluding carboxylic acids is 1. The molecule has 0 saturated heterocycles. The molecule has 3 rings (SSSR count). The van der Waals surface area contributed by atoms with E-state index in [9.17, 15) is 4.79 Å². The number of rotatable bonds is 11. The molecule has 0 heterocycles. The summed E-state index contributed by atoms with van der Waals surface area (Å²) in [7, 11) is -0.663. The van der Waals surface area contributed by atoms with Gasteiger partial charge in [0.15, 0.2) is 19.8 Å². The molecule has 7 nitrogen and oxygen atoms in total. The SMILES string of the molecule is COc1c(N)cc(C(CNC(=O)OCc2ccccc2)O[Si](C)(C)C(C)(C)C)cc1OCc1ccccc1. The van der Waals surface area contributed by atoms with Crippen molar-refractivity contribution in [2.75, 3.05) is 19.4 Å². The van der Waals surface area contributed by atoms with Crippen molar-refractivity contribution in [1.29, 1.82) is 0 Å². The number of hydrogen-bond donors (Lipinski definition) is 2. The lowest BCUT2D eigenvalue weighted by molar-refractivity contribution is 0.127. The average Bonchev–Trinajstić information content (AvgIpc) is 2.88. The van der Waals surface area contributed by atoms with Crippen molar-refractivity contribution < 1.29 is 23.4 Å². The minimum Gasteiger partial charge on any atom is -0.491 e. The van der Waals surface area contributed by atoms with E-state index in [1.807, 2.05) is 72.8 Å². The van der Waals surface area contributed by atoms with Crippen LogP contribution in [0.4, 0.5) is 10.5 Å². The molecule has 1 unspecified atom stereocenters. The molecule has 0 spiro atoms. The number of amides is 1. The van der Waals surface area contributed by atoms with Gasteiger partial charge >= 0.3 is 6.09 Å². The lowest BCUT2D eigenvalue weighted by Gasteiger charge is -2.39. The van der Waals surface area contributed by atoms with Crippen molar-refractivity contribution in [2.45, 2.75) is 58.2 Å². The fourth-order valence-electron chi connectivity index (χ4n) is 3.60. The molecule has 3 aromatic carbocycles. The number of methoxy groups -OCH3 is 1. The van der Waals surface area contributed by atoms with Crippen LogP contribution in [0.1, 0.15) is 43.6 Å². The summed E-state index contributed by atoms with van der Waals surface area (Å²) < 4.78 is 23.9. The van der Waals surface area contributed by atoms with Crippen LogP contribution >= 0.6 is 0 Å². The van der Waals surface area contributed by atoms with Crippen LogP contribution in [0.3, 0.4) is 0 Å². The maximum absolute atomic E-state index is 12.6. The van der Waals surface area contributed by atoms with Gasteiger partial charge in [-0.05, 0) is 47.0 Å². The molecule has 0 aliphatic heterocycles. The molecule has 0 saturated carbocycles. The lowest BCUT2D eigenvalue weighted by atomic mass is 10.1. The Balaban J connectivity index is 1.83. The second-order valence-corrected chi connectivity index (χ2v) is 15.5. The predicted octanol–water partition coefficient (Wildman–Crippen LogP) is 6.85. The summed E-state index contributed by atoms with van der Waals surface area (Å²) in [5.74, 6) is 0.979. The van der Waals surface area contributed by atoms with E-state index in [-0.39, 0.29) is 18.2 Å². The number of ether oxygens (including phenoxy) is 3. The van der Waals surface area contributed by atoms with E-state index in [0.29, 0.717) is 23.8 Å². The third-order valence-corrected chi connectivity index (χ3v) is 11.3. The predicted molar refractivity (Wildman–Crippen MR) is 154 cm³/mol. The van der Waals surface area contributed by atoms with Gasteiger partial charge in [-0.3, -0.25) is 0 Å². The number of nitrogens with one attached hydrogen (secondary N) is 1. The maximum atomic E-state index is 12.6. The van der Waals surface area contributed by atoms with Crippen LogP contribution in [0.25, 0.3) is 0 Å². The van der Waals surface area contributed by atoms with Crippen LogP contribution in [0, 0.1) is 0 Å². The zero-order chi connectivity index (χ0) is 27.8. The summed E-state index contributed by atoms with van der Waals surface area (Å²) in [4.78, 5) is 12.6. The second-order valence-electron chi connectivity index (χ2n) is 10.7. The van der Waals surface area contributed by atoms with Gasteiger partial charge in [0, 0.05) is 0 Å². The van der Waals surface area contributed by atoms with E-state index in [0.717, 1.165) is 16.7 Å². The Morgan fingerprint density at radius 2 is 1.53 bits per heavy atom. The van der Waals surface area contributed by atoms with Crippen molar-refractivity contribution in [1.82, 2.24) is 5.32 Å². The second kappa shape index (κ2) is 12.8. The molecule has 3 N–H and O–H groups in total. The largest absolute Gasteiger partial charge is 0.491 e. The van der Waals surface area contributed by atoms with Gasteiger partial charge in [-0.25, -0.2) is 4.79 Å². The lowest BCUT2D eigenvalue weighted by Crippen LogP contribution is -2.44. The molecule has 8 heteroatoms. The molecule has 0 radical (unpaired) electrons. The maximum Gasteiger partial charge on any atom is 0.407 e. The average molecular weight is 537 g/mol. The van der Waals surface area contributed by atoms with Gasteiger partial charge in [-0.2, -0.15) is 0 Å². The van der Waals surface area contributed by atoms with Gasteiger partial charge in [0.05, 0.1) is 25.4 Å². The topological polar surface area (TPSA) is 92.0 Å². The smallest absolute Gasteiger partial charge is 0.407 e. The van der Waals surface area contributed by atoms with E-state index in [1.165, 1.54) is 0 Å². The highest BCUT2D eigenvalue weighted by atomic mass is 28.4. The number of anilines is 1. The summed E-state index contributed by atoms with van der Waals surface area (Å²) in [6.07, 6.45) is -0.979. The first-order chi connectivity index (χ1) is 18.0. The van der Waals surface area contributed by atoms with Crippen molar-refractivity contribution >= 4 is 20.1 Å². The van der Waals surface area contributed by atoms with E-state index in [1.54, 1.807) is 7.11 Å². The molecule has 0 aliphatic carbocycles. The zero-order valence-corrected chi connectivity index (χ0v) is 24.2. The normalized spacial score (nSPS) is 12.5. The summed E-state index contributed by atoms with van der Waals surface area (Å²) in [6.45, 7) is 11.6. The van der Waals surface area contributed by atoms with Crippen LogP contribution < -0.4 is 20.5 Å². The monoisotopic (exact) mass is 536 g/mol. The molecule has 3 aromatic rings. The quantitative estimate of drug-likeness (QED) is 0.206. The number of benzene rings is 3. The van der Waals surface area contributed by atoms with E-state index >= 15 is 0 Å². The van der Waals surface area contributed by atoms with Crippen molar-refractivity contribution in [3.8, 4) is 11.5 Å².